The quantitative estimate of drug-likeness (QED) is 0.788. The molecule has 2 heterocycles. The zero-order valence-electron chi connectivity index (χ0n) is 13.4. The van der Waals surface area contributed by atoms with Crippen LogP contribution in [0.3, 0.4) is 0 Å². The molecule has 130 valence electrons. The van der Waals surface area contributed by atoms with Gasteiger partial charge < -0.3 is 5.73 Å². The van der Waals surface area contributed by atoms with Crippen molar-refractivity contribution >= 4 is 35.3 Å². The lowest BCUT2D eigenvalue weighted by Crippen LogP contribution is -2.44. The van der Waals surface area contributed by atoms with Crippen LogP contribution in [0.15, 0.2) is 23.0 Å². The molecule has 0 spiro atoms. The van der Waals surface area contributed by atoms with Crippen molar-refractivity contribution in [2.75, 3.05) is 6.54 Å². The van der Waals surface area contributed by atoms with Crippen LogP contribution < -0.4 is 16.7 Å². The third-order valence-electron chi connectivity index (χ3n) is 4.36. The Hall–Kier alpha value is -2.12. The largest absolute Gasteiger partial charge is 0.330 e. The van der Waals surface area contributed by atoms with Crippen molar-refractivity contribution in [2.45, 2.75) is 31.7 Å². The smallest absolute Gasteiger partial charge is 0.329 e. The number of fused-ring (bicyclic) bond motifs is 1. The number of amides is 2. The van der Waals surface area contributed by atoms with Crippen LogP contribution in [0.25, 0.3) is 11.0 Å². The summed E-state index contributed by atoms with van der Waals surface area (Å²) in [6.45, 7) is 0.582. The molecule has 2 aromatic rings. The van der Waals surface area contributed by atoms with Crippen LogP contribution >= 0.6 is 12.4 Å². The number of piperidine rings is 1. The Balaban J connectivity index is 0.00000208. The summed E-state index contributed by atoms with van der Waals surface area (Å²) in [5.74, 6) is -0.702. The molecule has 1 unspecified atom stereocenters. The van der Waals surface area contributed by atoms with Crippen LogP contribution in [-0.2, 0) is 23.1 Å². The van der Waals surface area contributed by atoms with Crippen LogP contribution in [0.5, 0.6) is 0 Å². The normalized spacial score (nSPS) is 17.7. The van der Waals surface area contributed by atoms with Crippen molar-refractivity contribution in [3.05, 3.63) is 34.2 Å². The number of nitrogens with one attached hydrogen (secondary N) is 1. The zero-order valence-corrected chi connectivity index (χ0v) is 14.3. The molecule has 1 aromatic heterocycles. The van der Waals surface area contributed by atoms with Crippen molar-refractivity contribution in [3.8, 4) is 0 Å². The van der Waals surface area contributed by atoms with Gasteiger partial charge >= 0.3 is 5.69 Å². The minimum atomic E-state index is -0.645. The molecule has 3 rings (SSSR count). The third kappa shape index (κ3) is 2.97. The second-order valence-electron chi connectivity index (χ2n) is 5.86. The highest BCUT2D eigenvalue weighted by Gasteiger charge is 2.31. The van der Waals surface area contributed by atoms with Crippen molar-refractivity contribution in [1.29, 1.82) is 0 Å². The number of benzene rings is 1. The summed E-state index contributed by atoms with van der Waals surface area (Å²) in [6, 6.07) is 5.06. The molecule has 1 aliphatic heterocycles. The van der Waals surface area contributed by atoms with Crippen molar-refractivity contribution < 1.29 is 9.59 Å². The lowest BCUT2D eigenvalue weighted by atomic mass is 10.0. The molecule has 3 N–H and O–H groups in total. The number of rotatable bonds is 4. The maximum Gasteiger partial charge on any atom is 0.329 e. The summed E-state index contributed by atoms with van der Waals surface area (Å²) >= 11 is 0. The average Bonchev–Trinajstić information content (AvgIpc) is 2.78. The first-order chi connectivity index (χ1) is 11.0. The Labute approximate surface area is 145 Å². The second-order valence-corrected chi connectivity index (χ2v) is 5.86. The van der Waals surface area contributed by atoms with Gasteiger partial charge in [0.1, 0.15) is 6.04 Å². The number of carbonyl (C=O) groups excluding carboxylic acids is 2. The maximum atomic E-state index is 12.7. The molecule has 0 radical (unpaired) electrons. The Kier molecular flexibility index (Phi) is 5.46. The predicted molar refractivity (Wildman–Crippen MR) is 93.2 cm³/mol. The summed E-state index contributed by atoms with van der Waals surface area (Å²) in [6.07, 6.45) is 2.19. The summed E-state index contributed by atoms with van der Waals surface area (Å²) in [7, 11) is 1.71. The van der Waals surface area contributed by atoms with Gasteiger partial charge in [-0.05, 0) is 37.4 Å². The molecule has 0 bridgehead atoms. The number of halogens is 1. The van der Waals surface area contributed by atoms with Gasteiger partial charge in [0.05, 0.1) is 11.0 Å². The fourth-order valence-electron chi connectivity index (χ4n) is 3.24. The van der Waals surface area contributed by atoms with Gasteiger partial charge in [-0.3, -0.25) is 24.0 Å². The predicted octanol–water partition coefficient (Wildman–Crippen LogP) is 0.631. The molecule has 2 amide bonds. The molecule has 8 heteroatoms. The first-order valence-corrected chi connectivity index (χ1v) is 7.77. The number of hydrogen-bond donors (Lipinski definition) is 2. The van der Waals surface area contributed by atoms with E-state index in [1.807, 2.05) is 18.2 Å². The second kappa shape index (κ2) is 7.19. The van der Waals surface area contributed by atoms with Gasteiger partial charge in [0, 0.05) is 13.5 Å². The molecular formula is C16H21ClN4O3. The van der Waals surface area contributed by atoms with Crippen LogP contribution in [0.4, 0.5) is 0 Å². The van der Waals surface area contributed by atoms with Gasteiger partial charge in [-0.25, -0.2) is 4.79 Å². The fourth-order valence-corrected chi connectivity index (χ4v) is 3.24. The van der Waals surface area contributed by atoms with Gasteiger partial charge in [0.25, 0.3) is 0 Å². The third-order valence-corrected chi connectivity index (χ3v) is 4.36. The van der Waals surface area contributed by atoms with E-state index in [2.05, 4.69) is 5.32 Å². The van der Waals surface area contributed by atoms with E-state index in [1.165, 1.54) is 4.57 Å². The number of carbonyl (C=O) groups is 2. The van der Waals surface area contributed by atoms with E-state index in [9.17, 15) is 14.4 Å². The number of nitrogens with two attached hydrogens (primary N) is 1. The van der Waals surface area contributed by atoms with Gasteiger partial charge in [-0.1, -0.05) is 12.1 Å². The molecule has 1 aromatic carbocycles. The monoisotopic (exact) mass is 352 g/mol. The van der Waals surface area contributed by atoms with Crippen LogP contribution in [0.1, 0.15) is 30.9 Å². The number of aryl methyl sites for hydroxylation is 2. The van der Waals surface area contributed by atoms with Gasteiger partial charge in [-0.2, -0.15) is 0 Å². The molecule has 7 nitrogen and oxygen atoms in total. The molecule has 1 atom stereocenters. The summed E-state index contributed by atoms with van der Waals surface area (Å²) < 4.78 is 3.08. The Bertz CT molecular complexity index is 840. The van der Waals surface area contributed by atoms with Gasteiger partial charge in [-0.15, -0.1) is 12.4 Å². The SMILES string of the molecule is Cl.Cn1c(=O)n(C2CCC(=O)NC2=O)c2cccc(CCCN)c21. The van der Waals surface area contributed by atoms with Crippen molar-refractivity contribution in [1.82, 2.24) is 14.5 Å². The lowest BCUT2D eigenvalue weighted by molar-refractivity contribution is -0.135. The van der Waals surface area contributed by atoms with Crippen LogP contribution in [0.2, 0.25) is 0 Å². The molecule has 24 heavy (non-hydrogen) atoms. The number of nitrogens with zero attached hydrogens (tertiary/aromatic N) is 2. The molecule has 0 aliphatic carbocycles. The van der Waals surface area contributed by atoms with E-state index < -0.39 is 11.9 Å². The fraction of sp³-hybridized carbons (Fsp3) is 0.438. The topological polar surface area (TPSA) is 99.1 Å². The summed E-state index contributed by atoms with van der Waals surface area (Å²) in [5.41, 5.74) is 7.94. The standard InChI is InChI=1S/C16H20N4O3.ClH/c1-19-14-10(5-3-9-17)4-2-6-11(14)20(16(19)23)12-7-8-13(21)18-15(12)22;/h2,4,6,12H,3,5,7-9,17H2,1H3,(H,18,21,22);1H. The number of imide groups is 1. The Morgan fingerprint density at radius 2 is 2.04 bits per heavy atom. The highest BCUT2D eigenvalue weighted by molar-refractivity contribution is 6.00. The van der Waals surface area contributed by atoms with Crippen LogP contribution in [0, 0.1) is 0 Å². The molecule has 1 fully saturated rings. The number of para-hydroxylation sites is 1. The zero-order chi connectivity index (χ0) is 16.6. The maximum absolute atomic E-state index is 12.7. The van der Waals surface area contributed by atoms with Gasteiger partial charge in [0.2, 0.25) is 11.8 Å². The first kappa shape index (κ1) is 18.2. The van der Waals surface area contributed by atoms with Gasteiger partial charge in [0.15, 0.2) is 0 Å². The van der Waals surface area contributed by atoms with Crippen molar-refractivity contribution in [3.63, 3.8) is 0 Å². The minimum absolute atomic E-state index is 0. The van der Waals surface area contributed by atoms with Crippen LogP contribution in [-0.4, -0.2) is 27.5 Å². The summed E-state index contributed by atoms with van der Waals surface area (Å²) in [5, 5.41) is 2.31. The highest BCUT2D eigenvalue weighted by atomic mass is 35.5. The van der Waals surface area contributed by atoms with E-state index in [-0.39, 0.29) is 30.4 Å². The van der Waals surface area contributed by atoms with E-state index in [0.29, 0.717) is 13.0 Å². The Morgan fingerprint density at radius 3 is 2.71 bits per heavy atom. The molecular weight excluding hydrogens is 332 g/mol. The summed E-state index contributed by atoms with van der Waals surface area (Å²) in [4.78, 5) is 36.2. The highest BCUT2D eigenvalue weighted by Crippen LogP contribution is 2.25. The average molecular weight is 353 g/mol. The van der Waals surface area contributed by atoms with E-state index in [1.54, 1.807) is 11.6 Å². The molecule has 1 aliphatic rings. The molecule has 0 saturated carbocycles. The lowest BCUT2D eigenvalue weighted by Gasteiger charge is -2.21. The molecule has 1 saturated heterocycles. The van der Waals surface area contributed by atoms with Crippen molar-refractivity contribution in [2.24, 2.45) is 12.8 Å². The number of hydrogen-bond acceptors (Lipinski definition) is 4. The Morgan fingerprint density at radius 1 is 1.29 bits per heavy atom. The van der Waals surface area contributed by atoms with E-state index in [4.69, 9.17) is 5.73 Å². The first-order valence-electron chi connectivity index (χ1n) is 7.77. The van der Waals surface area contributed by atoms with E-state index in [0.717, 1.165) is 29.4 Å². The van der Waals surface area contributed by atoms with E-state index >= 15 is 0 Å². The number of imidazole rings is 1. The number of aromatic nitrogens is 2. The minimum Gasteiger partial charge on any atom is -0.330 e.